The third-order valence-electron chi connectivity index (χ3n) is 4.89. The van der Waals surface area contributed by atoms with Crippen molar-refractivity contribution in [1.29, 1.82) is 0 Å². The molecule has 0 fully saturated rings. The van der Waals surface area contributed by atoms with Crippen molar-refractivity contribution >= 4 is 45.7 Å². The number of benzene rings is 2. The fraction of sp³-hybridized carbons (Fsp3) is 0. The maximum Gasteiger partial charge on any atom is 0.349 e. The number of fused-ring (bicyclic) bond motifs is 1. The van der Waals surface area contributed by atoms with E-state index in [0.29, 0.717) is 34.1 Å². The highest BCUT2D eigenvalue weighted by atomic mass is 16.4. The minimum atomic E-state index is -0.687. The van der Waals surface area contributed by atoms with E-state index in [4.69, 9.17) is 4.42 Å². The monoisotopic (exact) mass is 450 g/mol. The van der Waals surface area contributed by atoms with Crippen LogP contribution in [0.15, 0.2) is 101 Å². The van der Waals surface area contributed by atoms with E-state index in [1.54, 1.807) is 54.7 Å². The molecule has 9 heteroatoms. The topological polar surface area (TPSA) is 122 Å². The van der Waals surface area contributed by atoms with Crippen molar-refractivity contribution in [2.24, 2.45) is 0 Å². The molecule has 3 heterocycles. The molecule has 0 spiro atoms. The largest absolute Gasteiger partial charge is 0.422 e. The summed E-state index contributed by atoms with van der Waals surface area (Å²) in [5, 5.41) is 9.69. The van der Waals surface area contributed by atoms with Crippen molar-refractivity contribution in [2.45, 2.75) is 0 Å². The van der Waals surface area contributed by atoms with Gasteiger partial charge in [-0.15, -0.1) is 0 Å². The Hall–Kier alpha value is -5.05. The molecule has 5 rings (SSSR count). The number of nitrogens with one attached hydrogen (secondary N) is 3. The molecule has 0 atom stereocenters. The molecule has 0 unspecified atom stereocenters. The van der Waals surface area contributed by atoms with Crippen LogP contribution in [-0.4, -0.2) is 20.9 Å². The summed E-state index contributed by atoms with van der Waals surface area (Å²) >= 11 is 0. The summed E-state index contributed by atoms with van der Waals surface area (Å²) in [4.78, 5) is 37.5. The number of pyridine rings is 1. The lowest BCUT2D eigenvalue weighted by molar-refractivity contribution is 0.102. The van der Waals surface area contributed by atoms with Crippen LogP contribution in [0.3, 0.4) is 0 Å². The third-order valence-corrected chi connectivity index (χ3v) is 4.89. The molecule has 5 aromatic rings. The molecular formula is C25H18N6O3. The van der Waals surface area contributed by atoms with Crippen LogP contribution in [0.1, 0.15) is 10.4 Å². The van der Waals surface area contributed by atoms with Crippen LogP contribution in [0.25, 0.3) is 11.0 Å². The number of rotatable bonds is 6. The van der Waals surface area contributed by atoms with Gasteiger partial charge in [0.15, 0.2) is 0 Å². The lowest BCUT2D eigenvalue weighted by Gasteiger charge is -2.09. The zero-order valence-corrected chi connectivity index (χ0v) is 17.7. The van der Waals surface area contributed by atoms with E-state index in [1.807, 2.05) is 24.3 Å². The second-order valence-corrected chi connectivity index (χ2v) is 7.27. The first-order chi connectivity index (χ1) is 16.6. The molecule has 0 radical (unpaired) electrons. The molecule has 0 aliphatic rings. The Morgan fingerprint density at radius 2 is 1.47 bits per heavy atom. The molecule has 0 bridgehead atoms. The van der Waals surface area contributed by atoms with E-state index in [0.717, 1.165) is 5.69 Å². The van der Waals surface area contributed by atoms with Crippen molar-refractivity contribution in [1.82, 2.24) is 15.0 Å². The van der Waals surface area contributed by atoms with Gasteiger partial charge in [0.1, 0.15) is 34.9 Å². The van der Waals surface area contributed by atoms with Gasteiger partial charge in [-0.2, -0.15) is 0 Å². The zero-order chi connectivity index (χ0) is 23.3. The normalized spacial score (nSPS) is 10.6. The van der Waals surface area contributed by atoms with E-state index in [2.05, 4.69) is 30.9 Å². The fourth-order valence-electron chi connectivity index (χ4n) is 3.27. The predicted octanol–water partition coefficient (Wildman–Crippen LogP) is 4.72. The van der Waals surface area contributed by atoms with E-state index in [1.165, 1.54) is 12.4 Å². The van der Waals surface area contributed by atoms with Crippen molar-refractivity contribution in [2.75, 3.05) is 16.0 Å². The molecule has 3 aromatic heterocycles. The van der Waals surface area contributed by atoms with Crippen LogP contribution in [0.5, 0.6) is 0 Å². The number of amides is 1. The van der Waals surface area contributed by atoms with Crippen LogP contribution in [0, 0.1) is 0 Å². The highest BCUT2D eigenvalue weighted by molar-refractivity contribution is 6.05. The molecular weight excluding hydrogens is 432 g/mol. The molecule has 3 N–H and O–H groups in total. The number of carbonyl (C=O) groups is 1. The van der Waals surface area contributed by atoms with E-state index >= 15 is 0 Å². The van der Waals surface area contributed by atoms with Crippen molar-refractivity contribution in [3.63, 3.8) is 0 Å². The molecule has 0 saturated heterocycles. The summed E-state index contributed by atoms with van der Waals surface area (Å²) in [5.74, 6) is 1.31. The molecule has 0 aliphatic carbocycles. The number of hydrogen-bond acceptors (Lipinski definition) is 8. The first-order valence-electron chi connectivity index (χ1n) is 10.4. The van der Waals surface area contributed by atoms with Crippen molar-refractivity contribution < 1.29 is 9.21 Å². The summed E-state index contributed by atoms with van der Waals surface area (Å²) in [6.45, 7) is 0. The Kier molecular flexibility index (Phi) is 5.64. The standard InChI is InChI=1S/C25H18N6O3/c32-24(19-13-16-5-1-2-6-20(16)34-25(19)33)30-18-10-8-17(9-11-18)29-22-14-23(28-15-27-22)31-21-7-3-4-12-26-21/h1-15H,(H,30,32)(H2,26,27,28,29,31). The van der Waals surface area contributed by atoms with Gasteiger partial charge in [0.05, 0.1) is 0 Å². The number of nitrogens with zero attached hydrogens (tertiary/aromatic N) is 3. The van der Waals surface area contributed by atoms with Gasteiger partial charge in [-0.3, -0.25) is 4.79 Å². The van der Waals surface area contributed by atoms with Gasteiger partial charge < -0.3 is 20.4 Å². The molecule has 0 saturated carbocycles. The van der Waals surface area contributed by atoms with Gasteiger partial charge in [-0.1, -0.05) is 24.3 Å². The van der Waals surface area contributed by atoms with Crippen LogP contribution < -0.4 is 21.6 Å². The number of anilines is 5. The van der Waals surface area contributed by atoms with Crippen LogP contribution in [-0.2, 0) is 0 Å². The zero-order valence-electron chi connectivity index (χ0n) is 17.7. The summed E-state index contributed by atoms with van der Waals surface area (Å²) in [7, 11) is 0. The second-order valence-electron chi connectivity index (χ2n) is 7.27. The Morgan fingerprint density at radius 3 is 2.26 bits per heavy atom. The van der Waals surface area contributed by atoms with E-state index < -0.39 is 11.5 Å². The van der Waals surface area contributed by atoms with E-state index in [9.17, 15) is 9.59 Å². The number of hydrogen-bond donors (Lipinski definition) is 3. The number of carbonyl (C=O) groups excluding carboxylic acids is 1. The van der Waals surface area contributed by atoms with Crippen LogP contribution in [0.2, 0.25) is 0 Å². The Labute approximate surface area is 193 Å². The first-order valence-corrected chi connectivity index (χ1v) is 10.4. The minimum Gasteiger partial charge on any atom is -0.422 e. The first kappa shape index (κ1) is 20.8. The lowest BCUT2D eigenvalue weighted by Crippen LogP contribution is -2.20. The summed E-state index contributed by atoms with van der Waals surface area (Å²) < 4.78 is 5.24. The average molecular weight is 450 g/mol. The van der Waals surface area contributed by atoms with Crippen LogP contribution >= 0.6 is 0 Å². The van der Waals surface area contributed by atoms with Crippen molar-refractivity contribution in [3.05, 3.63) is 107 Å². The minimum absolute atomic E-state index is 0.0603. The smallest absolute Gasteiger partial charge is 0.349 e. The molecule has 34 heavy (non-hydrogen) atoms. The quantitative estimate of drug-likeness (QED) is 0.318. The summed E-state index contributed by atoms with van der Waals surface area (Å²) in [6, 6.07) is 22.9. The summed E-state index contributed by atoms with van der Waals surface area (Å²) in [5.41, 5.74) is 0.972. The summed E-state index contributed by atoms with van der Waals surface area (Å²) in [6.07, 6.45) is 3.13. The van der Waals surface area contributed by atoms with Gasteiger partial charge in [-0.25, -0.2) is 19.7 Å². The van der Waals surface area contributed by atoms with Crippen LogP contribution in [0.4, 0.5) is 28.8 Å². The number of aromatic nitrogens is 3. The Morgan fingerprint density at radius 1 is 0.735 bits per heavy atom. The van der Waals surface area contributed by atoms with Gasteiger partial charge in [0, 0.05) is 29.0 Å². The molecule has 166 valence electrons. The fourth-order valence-corrected chi connectivity index (χ4v) is 3.27. The highest BCUT2D eigenvalue weighted by Gasteiger charge is 2.14. The second kappa shape index (κ2) is 9.21. The highest BCUT2D eigenvalue weighted by Crippen LogP contribution is 2.21. The molecule has 2 aromatic carbocycles. The predicted molar refractivity (Wildman–Crippen MR) is 130 cm³/mol. The van der Waals surface area contributed by atoms with E-state index in [-0.39, 0.29) is 5.56 Å². The Bertz CT molecular complexity index is 1520. The van der Waals surface area contributed by atoms with Gasteiger partial charge in [0.2, 0.25) is 0 Å². The van der Waals surface area contributed by atoms with Gasteiger partial charge >= 0.3 is 5.63 Å². The van der Waals surface area contributed by atoms with Crippen molar-refractivity contribution in [3.8, 4) is 0 Å². The molecule has 1 amide bonds. The third kappa shape index (κ3) is 4.73. The van der Waals surface area contributed by atoms with Gasteiger partial charge in [-0.05, 0) is 48.5 Å². The molecule has 0 aliphatic heterocycles. The number of para-hydroxylation sites is 1. The maximum atomic E-state index is 12.6. The average Bonchev–Trinajstić information content (AvgIpc) is 2.85. The lowest BCUT2D eigenvalue weighted by atomic mass is 10.1. The Balaban J connectivity index is 1.26. The molecule has 9 nitrogen and oxygen atoms in total. The van der Waals surface area contributed by atoms with Gasteiger partial charge in [0.25, 0.3) is 5.91 Å². The SMILES string of the molecule is O=C(Nc1ccc(Nc2cc(Nc3ccccn3)ncn2)cc1)c1cc2ccccc2oc1=O. The maximum absolute atomic E-state index is 12.6.